The summed E-state index contributed by atoms with van der Waals surface area (Å²) in [6.45, 7) is 4.10. The summed E-state index contributed by atoms with van der Waals surface area (Å²) in [4.78, 5) is 32.0. The quantitative estimate of drug-likeness (QED) is 0.783. The molecule has 2 saturated heterocycles. The summed E-state index contributed by atoms with van der Waals surface area (Å²) in [6, 6.07) is 4.00. The van der Waals surface area contributed by atoms with E-state index in [9.17, 15) is 9.59 Å². The van der Waals surface area contributed by atoms with Crippen LogP contribution >= 0.6 is 0 Å². The zero-order chi connectivity index (χ0) is 18.5. The number of piperidine rings is 1. The largest absolute Gasteiger partial charge is 0.376 e. The van der Waals surface area contributed by atoms with Gasteiger partial charge in [-0.3, -0.25) is 14.5 Å². The fourth-order valence-corrected chi connectivity index (χ4v) is 3.73. The Kier molecular flexibility index (Phi) is 6.45. The van der Waals surface area contributed by atoms with E-state index >= 15 is 0 Å². The van der Waals surface area contributed by atoms with Gasteiger partial charge in [0.05, 0.1) is 6.10 Å². The van der Waals surface area contributed by atoms with Crippen molar-refractivity contribution in [1.82, 2.24) is 20.1 Å². The number of hydrogen-bond donors (Lipinski definition) is 2. The normalized spacial score (nSPS) is 22.0. The second kappa shape index (κ2) is 8.79. The minimum Gasteiger partial charge on any atom is -0.376 e. The molecule has 0 spiro atoms. The van der Waals surface area contributed by atoms with E-state index in [2.05, 4.69) is 34.2 Å². The molecule has 7 heteroatoms. The molecule has 2 aliphatic rings. The van der Waals surface area contributed by atoms with Gasteiger partial charge < -0.3 is 19.9 Å². The summed E-state index contributed by atoms with van der Waals surface area (Å²) >= 11 is 0. The van der Waals surface area contributed by atoms with Gasteiger partial charge in [0, 0.05) is 31.4 Å². The molecule has 0 aromatic carbocycles. The highest BCUT2D eigenvalue weighted by atomic mass is 16.5. The number of carbonyl (C=O) groups is 1. The lowest BCUT2D eigenvalue weighted by atomic mass is 10.0. The molecule has 1 aromatic heterocycles. The van der Waals surface area contributed by atoms with Gasteiger partial charge in [0.2, 0.25) is 0 Å². The molecule has 1 amide bonds. The van der Waals surface area contributed by atoms with Crippen molar-refractivity contribution in [2.75, 3.05) is 40.3 Å². The highest BCUT2D eigenvalue weighted by Crippen LogP contribution is 2.16. The maximum Gasteiger partial charge on any atom is 0.261 e. The maximum atomic E-state index is 12.3. The molecule has 144 valence electrons. The zero-order valence-electron chi connectivity index (χ0n) is 15.8. The number of H-pyrrole nitrogens is 1. The Morgan fingerprint density at radius 2 is 2.12 bits per heavy atom. The number of ether oxygens (including phenoxy) is 1. The van der Waals surface area contributed by atoms with Crippen LogP contribution in [0.2, 0.25) is 0 Å². The molecule has 1 atom stereocenters. The van der Waals surface area contributed by atoms with E-state index in [0.29, 0.717) is 19.1 Å². The highest BCUT2D eigenvalue weighted by molar-refractivity contribution is 5.93. The number of nitrogens with zero attached hydrogens (tertiary/aromatic N) is 2. The summed E-state index contributed by atoms with van der Waals surface area (Å²) in [7, 11) is 4.24. The minimum absolute atomic E-state index is 0.0699. The number of hydrogen-bond acceptors (Lipinski definition) is 5. The highest BCUT2D eigenvalue weighted by Gasteiger charge is 2.21. The van der Waals surface area contributed by atoms with Gasteiger partial charge in [-0.25, -0.2) is 0 Å². The Labute approximate surface area is 154 Å². The molecule has 1 aromatic rings. The molecule has 0 radical (unpaired) electrons. The van der Waals surface area contributed by atoms with E-state index in [-0.39, 0.29) is 23.1 Å². The fraction of sp³-hybridized carbons (Fsp3) is 0.684. The van der Waals surface area contributed by atoms with Crippen molar-refractivity contribution in [3.63, 3.8) is 0 Å². The summed E-state index contributed by atoms with van der Waals surface area (Å²) in [5.41, 5.74) is 0.671. The van der Waals surface area contributed by atoms with Crippen LogP contribution in [0, 0.1) is 0 Å². The van der Waals surface area contributed by atoms with Gasteiger partial charge in [0.1, 0.15) is 5.56 Å². The number of carbonyl (C=O) groups excluding carboxylic acids is 1. The number of aromatic amines is 1. The maximum absolute atomic E-state index is 12.3. The van der Waals surface area contributed by atoms with Gasteiger partial charge in [-0.15, -0.1) is 0 Å². The lowest BCUT2D eigenvalue weighted by Crippen LogP contribution is -2.41. The minimum atomic E-state index is -0.336. The number of rotatable bonds is 6. The van der Waals surface area contributed by atoms with Crippen LogP contribution in [0.15, 0.2) is 16.9 Å². The van der Waals surface area contributed by atoms with Crippen molar-refractivity contribution >= 4 is 5.91 Å². The van der Waals surface area contributed by atoms with Crippen molar-refractivity contribution in [2.24, 2.45) is 0 Å². The van der Waals surface area contributed by atoms with Gasteiger partial charge in [0.25, 0.3) is 11.5 Å². The van der Waals surface area contributed by atoms with Gasteiger partial charge in [-0.2, -0.15) is 0 Å². The van der Waals surface area contributed by atoms with Crippen LogP contribution in [0.25, 0.3) is 0 Å². The van der Waals surface area contributed by atoms with E-state index in [4.69, 9.17) is 4.74 Å². The fourth-order valence-electron chi connectivity index (χ4n) is 3.73. The SMILES string of the molecule is CN1CCC(N(C)Cc2ccc(C(=O)NCC3CCCO3)c(=O)[nH]2)CC1. The predicted molar refractivity (Wildman–Crippen MR) is 100 cm³/mol. The molecule has 2 aliphatic heterocycles. The molecule has 0 aliphatic carbocycles. The topological polar surface area (TPSA) is 77.7 Å². The molecule has 7 nitrogen and oxygen atoms in total. The first-order valence-corrected chi connectivity index (χ1v) is 9.53. The third-order valence-electron chi connectivity index (χ3n) is 5.46. The van der Waals surface area contributed by atoms with Crippen LogP contribution in [0.5, 0.6) is 0 Å². The smallest absolute Gasteiger partial charge is 0.261 e. The average Bonchev–Trinajstić information content (AvgIpc) is 3.14. The van der Waals surface area contributed by atoms with E-state index in [0.717, 1.165) is 51.1 Å². The van der Waals surface area contributed by atoms with Gasteiger partial charge in [-0.1, -0.05) is 0 Å². The van der Waals surface area contributed by atoms with Crippen molar-refractivity contribution in [2.45, 2.75) is 44.4 Å². The standard InChI is InChI=1S/C19H30N4O3/c1-22-9-7-15(8-10-22)23(2)13-14-5-6-17(19(25)21-14)18(24)20-12-16-4-3-11-26-16/h5-6,15-16H,3-4,7-13H2,1-2H3,(H,20,24)(H,21,25). The van der Waals surface area contributed by atoms with Gasteiger partial charge in [-0.05, 0) is 65.0 Å². The molecular weight excluding hydrogens is 332 g/mol. The number of likely N-dealkylation sites (tertiary alicyclic amines) is 1. The first kappa shape index (κ1) is 19.1. The second-order valence-electron chi connectivity index (χ2n) is 7.52. The molecule has 1 unspecified atom stereocenters. The zero-order valence-corrected chi connectivity index (χ0v) is 15.8. The summed E-state index contributed by atoms with van der Waals surface area (Å²) in [6.07, 6.45) is 4.34. The number of pyridine rings is 1. The van der Waals surface area contributed by atoms with E-state index in [1.54, 1.807) is 6.07 Å². The first-order valence-electron chi connectivity index (χ1n) is 9.53. The van der Waals surface area contributed by atoms with Crippen LogP contribution in [0.1, 0.15) is 41.7 Å². The summed E-state index contributed by atoms with van der Waals surface area (Å²) < 4.78 is 5.49. The lowest BCUT2D eigenvalue weighted by Gasteiger charge is -2.35. The molecular formula is C19H30N4O3. The van der Waals surface area contributed by atoms with Crippen LogP contribution in [0.3, 0.4) is 0 Å². The Morgan fingerprint density at radius 3 is 2.77 bits per heavy atom. The molecule has 3 heterocycles. The van der Waals surface area contributed by atoms with Crippen molar-refractivity contribution < 1.29 is 9.53 Å². The Balaban J connectivity index is 1.54. The average molecular weight is 362 g/mol. The molecule has 0 saturated carbocycles. The lowest BCUT2D eigenvalue weighted by molar-refractivity contribution is 0.0856. The van der Waals surface area contributed by atoms with Crippen LogP contribution in [0.4, 0.5) is 0 Å². The second-order valence-corrected chi connectivity index (χ2v) is 7.52. The van der Waals surface area contributed by atoms with Gasteiger partial charge >= 0.3 is 0 Å². The van der Waals surface area contributed by atoms with E-state index in [1.807, 2.05) is 6.07 Å². The van der Waals surface area contributed by atoms with Crippen molar-refractivity contribution in [3.8, 4) is 0 Å². The number of amides is 1. The number of nitrogens with one attached hydrogen (secondary N) is 2. The van der Waals surface area contributed by atoms with Crippen LogP contribution in [-0.4, -0.2) is 73.2 Å². The molecule has 3 rings (SSSR count). The summed E-state index contributed by atoms with van der Waals surface area (Å²) in [5.74, 6) is -0.336. The van der Waals surface area contributed by atoms with Crippen molar-refractivity contribution in [3.05, 3.63) is 33.7 Å². The molecule has 2 N–H and O–H groups in total. The van der Waals surface area contributed by atoms with Gasteiger partial charge in [0.15, 0.2) is 0 Å². The Hall–Kier alpha value is -1.70. The molecule has 0 bridgehead atoms. The Morgan fingerprint density at radius 1 is 1.35 bits per heavy atom. The third kappa shape index (κ3) is 4.93. The predicted octanol–water partition coefficient (Wildman–Crippen LogP) is 0.810. The Bertz CT molecular complexity index is 661. The monoisotopic (exact) mass is 362 g/mol. The molecule has 26 heavy (non-hydrogen) atoms. The van der Waals surface area contributed by atoms with Crippen molar-refractivity contribution in [1.29, 1.82) is 0 Å². The summed E-state index contributed by atoms with van der Waals surface area (Å²) in [5, 5.41) is 2.80. The van der Waals surface area contributed by atoms with Crippen LogP contribution in [-0.2, 0) is 11.3 Å². The van der Waals surface area contributed by atoms with E-state index < -0.39 is 0 Å². The molecule has 2 fully saturated rings. The number of aromatic nitrogens is 1. The van der Waals surface area contributed by atoms with E-state index in [1.165, 1.54) is 0 Å². The third-order valence-corrected chi connectivity index (χ3v) is 5.46. The van der Waals surface area contributed by atoms with Crippen LogP contribution < -0.4 is 10.9 Å². The first-order chi connectivity index (χ1) is 12.5.